The average molecular weight is 560 g/mol. The van der Waals surface area contributed by atoms with Gasteiger partial charge in [-0.3, -0.25) is 15.1 Å². The van der Waals surface area contributed by atoms with Crippen molar-refractivity contribution in [2.75, 3.05) is 5.32 Å². The van der Waals surface area contributed by atoms with Crippen LogP contribution in [-0.2, 0) is 0 Å². The van der Waals surface area contributed by atoms with Crippen molar-refractivity contribution in [3.8, 4) is 22.8 Å². The average Bonchev–Trinajstić information content (AvgIpc) is 3.58. The Morgan fingerprint density at radius 1 is 1.05 bits per heavy atom. The second-order valence-electron chi connectivity index (χ2n) is 11.0. The zero-order valence-corrected chi connectivity index (χ0v) is 24.0. The van der Waals surface area contributed by atoms with Gasteiger partial charge in [-0.25, -0.2) is 9.37 Å². The lowest BCUT2D eigenvalue weighted by Crippen LogP contribution is -2.14. The van der Waals surface area contributed by atoms with E-state index in [9.17, 15) is 4.39 Å². The first-order chi connectivity index (χ1) is 20.4. The number of anilines is 1. The summed E-state index contributed by atoms with van der Waals surface area (Å²) in [6, 6.07) is 9.01. The van der Waals surface area contributed by atoms with Crippen molar-refractivity contribution in [2.24, 2.45) is 5.92 Å². The summed E-state index contributed by atoms with van der Waals surface area (Å²) < 4.78 is 14.3. The van der Waals surface area contributed by atoms with E-state index < -0.39 is 0 Å². The molecule has 0 spiro atoms. The first kappa shape index (κ1) is 27.3. The van der Waals surface area contributed by atoms with E-state index in [1.54, 1.807) is 12.3 Å². The summed E-state index contributed by atoms with van der Waals surface area (Å²) in [4.78, 5) is 17.5. The Bertz CT molecular complexity index is 1800. The molecule has 1 saturated carbocycles. The van der Waals surface area contributed by atoms with E-state index in [0.717, 1.165) is 55.9 Å². The number of pyridine rings is 2. The Labute approximate surface area is 244 Å². The van der Waals surface area contributed by atoms with Crippen molar-refractivity contribution in [3.63, 3.8) is 0 Å². The predicted molar refractivity (Wildman–Crippen MR) is 167 cm³/mol. The predicted octanol–water partition coefficient (Wildman–Crippen LogP) is 8.29. The lowest BCUT2D eigenvalue weighted by Gasteiger charge is -2.24. The molecule has 0 atom stereocenters. The quantitative estimate of drug-likeness (QED) is 0.166. The Morgan fingerprint density at radius 3 is 2.67 bits per heavy atom. The van der Waals surface area contributed by atoms with E-state index >= 15 is 0 Å². The van der Waals surface area contributed by atoms with Crippen molar-refractivity contribution in [1.29, 1.82) is 0 Å². The lowest BCUT2D eigenvalue weighted by atomic mass is 9.87. The third-order valence-corrected chi connectivity index (χ3v) is 7.89. The molecular weight excluding hydrogens is 525 g/mol. The summed E-state index contributed by atoms with van der Waals surface area (Å²) in [5.74, 6) is 0.809. The molecule has 6 rings (SSSR count). The molecule has 0 saturated heterocycles. The minimum atomic E-state index is -0.293. The van der Waals surface area contributed by atoms with Crippen molar-refractivity contribution in [3.05, 3.63) is 108 Å². The molecule has 0 bridgehead atoms. The van der Waals surface area contributed by atoms with Gasteiger partial charge >= 0.3 is 0 Å². The molecule has 42 heavy (non-hydrogen) atoms. The fraction of sp³-hybridized carbons (Fsp3) is 0.235. The third kappa shape index (κ3) is 5.52. The highest BCUT2D eigenvalue weighted by molar-refractivity contribution is 5.93. The number of allylic oxidation sites excluding steroid dienone is 3. The number of H-pyrrole nitrogens is 2. The van der Waals surface area contributed by atoms with Crippen LogP contribution in [0.1, 0.15) is 54.6 Å². The highest BCUT2D eigenvalue weighted by atomic mass is 19.1. The van der Waals surface area contributed by atoms with E-state index in [-0.39, 0.29) is 5.82 Å². The highest BCUT2D eigenvalue weighted by Gasteiger charge is 2.20. The van der Waals surface area contributed by atoms with Gasteiger partial charge in [0.05, 0.1) is 35.0 Å². The smallest absolute Gasteiger partial charge is 0.159 e. The SMILES string of the molecule is C=C/C=C(/c1cc(C)cc(F)c1)c1nc(-c2n[nH]c3cnc(-c4cncc(NC(=C)C5CCCCC5)c4)cc23)[nH]c1C. The van der Waals surface area contributed by atoms with Crippen LogP contribution in [0.15, 0.2) is 79.9 Å². The van der Waals surface area contributed by atoms with E-state index in [0.29, 0.717) is 23.1 Å². The lowest BCUT2D eigenvalue weighted by molar-refractivity contribution is 0.405. The van der Waals surface area contributed by atoms with Gasteiger partial charge in [-0.05, 0) is 68.0 Å². The van der Waals surface area contributed by atoms with Gasteiger partial charge in [0.2, 0.25) is 0 Å². The summed E-state index contributed by atoms with van der Waals surface area (Å²) in [6.45, 7) is 12.0. The summed E-state index contributed by atoms with van der Waals surface area (Å²) in [5.41, 5.74) is 8.97. The number of aromatic amines is 2. The number of hydrogen-bond acceptors (Lipinski definition) is 5. The molecule has 1 aliphatic rings. The number of nitrogens with one attached hydrogen (secondary N) is 3. The molecule has 4 heterocycles. The molecule has 7 nitrogen and oxygen atoms in total. The molecule has 1 aromatic carbocycles. The van der Waals surface area contributed by atoms with E-state index in [2.05, 4.69) is 49.7 Å². The van der Waals surface area contributed by atoms with E-state index in [1.807, 2.05) is 44.4 Å². The fourth-order valence-electron chi connectivity index (χ4n) is 5.80. The molecule has 5 aromatic rings. The van der Waals surface area contributed by atoms with Crippen LogP contribution in [0.3, 0.4) is 0 Å². The van der Waals surface area contributed by atoms with Gasteiger partial charge < -0.3 is 10.3 Å². The molecule has 4 aromatic heterocycles. The zero-order chi connectivity index (χ0) is 29.2. The minimum Gasteiger partial charge on any atom is -0.358 e. The monoisotopic (exact) mass is 559 g/mol. The summed E-state index contributed by atoms with van der Waals surface area (Å²) in [7, 11) is 0. The van der Waals surface area contributed by atoms with Gasteiger partial charge in [0.1, 0.15) is 11.5 Å². The van der Waals surface area contributed by atoms with Crippen LogP contribution in [0, 0.1) is 25.6 Å². The molecule has 212 valence electrons. The second kappa shape index (κ2) is 11.6. The molecule has 0 unspecified atom stereocenters. The summed E-state index contributed by atoms with van der Waals surface area (Å²) in [5, 5.41) is 12.0. The van der Waals surface area contributed by atoms with Crippen LogP contribution in [-0.4, -0.2) is 30.1 Å². The first-order valence-corrected chi connectivity index (χ1v) is 14.3. The number of nitrogens with zero attached hydrogens (tertiary/aromatic N) is 4. The Kier molecular flexibility index (Phi) is 7.52. The molecular formula is C34H34FN7. The topological polar surface area (TPSA) is 95.2 Å². The van der Waals surface area contributed by atoms with Gasteiger partial charge in [-0.15, -0.1) is 0 Å². The van der Waals surface area contributed by atoms with Gasteiger partial charge in [0.15, 0.2) is 5.82 Å². The summed E-state index contributed by atoms with van der Waals surface area (Å²) in [6.07, 6.45) is 15.1. The largest absolute Gasteiger partial charge is 0.358 e. The van der Waals surface area contributed by atoms with Crippen LogP contribution in [0.5, 0.6) is 0 Å². The summed E-state index contributed by atoms with van der Waals surface area (Å²) >= 11 is 0. The van der Waals surface area contributed by atoms with Crippen molar-refractivity contribution >= 4 is 22.2 Å². The van der Waals surface area contributed by atoms with Crippen molar-refractivity contribution in [1.82, 2.24) is 30.1 Å². The molecule has 0 radical (unpaired) electrons. The fourth-order valence-corrected chi connectivity index (χ4v) is 5.80. The Morgan fingerprint density at radius 2 is 1.88 bits per heavy atom. The maximum absolute atomic E-state index is 14.3. The molecule has 1 aliphatic carbocycles. The standard InChI is InChI=1S/C34H34FN7/c1-5-9-28(24-12-20(2)13-26(35)14-24)32-22(4)39-34(40-32)33-29-16-30(37-19-31(29)41-42-33)25-15-27(18-36-17-25)38-21(3)23-10-7-6-8-11-23/h5,9,12-19,23,38H,1,3,6-8,10-11H2,2,4H3,(H,39,40)(H,41,42)/b28-9-. The van der Waals surface area contributed by atoms with Crippen LogP contribution in [0.25, 0.3) is 39.3 Å². The van der Waals surface area contributed by atoms with Gasteiger partial charge in [-0.2, -0.15) is 5.10 Å². The molecule has 8 heteroatoms. The third-order valence-electron chi connectivity index (χ3n) is 7.89. The number of halogens is 1. The number of benzene rings is 1. The number of hydrogen-bond donors (Lipinski definition) is 3. The van der Waals surface area contributed by atoms with E-state index in [1.165, 1.54) is 44.2 Å². The van der Waals surface area contributed by atoms with Gasteiger partial charge in [0, 0.05) is 34.1 Å². The number of rotatable bonds is 8. The Balaban J connectivity index is 1.33. The number of fused-ring (bicyclic) bond motifs is 1. The van der Waals surface area contributed by atoms with E-state index in [4.69, 9.17) is 4.98 Å². The van der Waals surface area contributed by atoms with Crippen molar-refractivity contribution < 1.29 is 4.39 Å². The van der Waals surface area contributed by atoms with Crippen LogP contribution < -0.4 is 5.32 Å². The van der Waals surface area contributed by atoms with Crippen LogP contribution in [0.2, 0.25) is 0 Å². The van der Waals surface area contributed by atoms with Gasteiger partial charge in [-0.1, -0.05) is 50.6 Å². The van der Waals surface area contributed by atoms with Crippen molar-refractivity contribution in [2.45, 2.75) is 46.0 Å². The molecule has 0 aliphatic heterocycles. The maximum Gasteiger partial charge on any atom is 0.159 e. The minimum absolute atomic E-state index is 0.293. The highest BCUT2D eigenvalue weighted by Crippen LogP contribution is 2.33. The normalized spacial score (nSPS) is 14.3. The Hall–Kier alpha value is -4.85. The van der Waals surface area contributed by atoms with Gasteiger partial charge in [0.25, 0.3) is 0 Å². The van der Waals surface area contributed by atoms with Crippen LogP contribution >= 0.6 is 0 Å². The molecule has 3 N–H and O–H groups in total. The number of imidazole rings is 1. The second-order valence-corrected chi connectivity index (χ2v) is 11.0. The zero-order valence-electron chi connectivity index (χ0n) is 24.0. The molecule has 0 amide bonds. The molecule has 1 fully saturated rings. The number of aryl methyl sites for hydroxylation is 2. The van der Waals surface area contributed by atoms with Crippen LogP contribution in [0.4, 0.5) is 10.1 Å². The maximum atomic E-state index is 14.3. The first-order valence-electron chi connectivity index (χ1n) is 14.3. The number of aromatic nitrogens is 6.